The fourth-order valence-corrected chi connectivity index (χ4v) is 4.25. The third kappa shape index (κ3) is 7.81. The van der Waals surface area contributed by atoms with Crippen molar-refractivity contribution in [2.24, 2.45) is 5.92 Å². The highest BCUT2D eigenvalue weighted by atomic mass is 16.6. The van der Waals surface area contributed by atoms with Gasteiger partial charge in [0, 0.05) is 32.1 Å². The van der Waals surface area contributed by atoms with Gasteiger partial charge in [-0.3, -0.25) is 9.59 Å². The Kier molecular flexibility index (Phi) is 10.5. The molecule has 2 N–H and O–H groups in total. The molecule has 1 heterocycles. The minimum Gasteiger partial charge on any atom is -0.464 e. The number of carbonyl (C=O) groups is 4. The maximum atomic E-state index is 13.5. The largest absolute Gasteiger partial charge is 0.464 e. The molecule has 4 atom stereocenters. The summed E-state index contributed by atoms with van der Waals surface area (Å²) in [7, 11) is 0. The average Bonchev–Trinajstić information content (AvgIpc) is 3.29. The summed E-state index contributed by atoms with van der Waals surface area (Å²) in [5.74, 6) is -1.54. The summed E-state index contributed by atoms with van der Waals surface area (Å²) >= 11 is 0. The Morgan fingerprint density at radius 2 is 1.92 bits per heavy atom. The molecule has 2 aliphatic rings. The normalized spacial score (nSPS) is 23.8. The SMILES string of the molecule is C=CCCOCC[C@H](NC(=O)OC(C)(C)C)C(=O)N1CCC[C@H]1C(=O)N[C@]1(C(=O)OCC)C[C@H]1C=C. The van der Waals surface area contributed by atoms with Crippen molar-refractivity contribution in [3.63, 3.8) is 0 Å². The number of ether oxygens (including phenoxy) is 3. The molecule has 1 aliphatic carbocycles. The zero-order valence-electron chi connectivity index (χ0n) is 22.0. The van der Waals surface area contributed by atoms with E-state index in [2.05, 4.69) is 23.8 Å². The molecule has 0 aromatic rings. The predicted molar refractivity (Wildman–Crippen MR) is 134 cm³/mol. The maximum Gasteiger partial charge on any atom is 0.408 e. The van der Waals surface area contributed by atoms with E-state index in [0.717, 1.165) is 0 Å². The van der Waals surface area contributed by atoms with Crippen LogP contribution >= 0.6 is 0 Å². The van der Waals surface area contributed by atoms with Crippen molar-refractivity contribution >= 4 is 23.9 Å². The van der Waals surface area contributed by atoms with Crippen molar-refractivity contribution in [2.75, 3.05) is 26.4 Å². The summed E-state index contributed by atoms with van der Waals surface area (Å²) in [5.41, 5.74) is -1.87. The van der Waals surface area contributed by atoms with Crippen molar-refractivity contribution in [3.05, 3.63) is 25.3 Å². The van der Waals surface area contributed by atoms with E-state index in [1.165, 1.54) is 4.90 Å². The summed E-state index contributed by atoms with van der Waals surface area (Å²) in [6, 6.07) is -1.70. The highest BCUT2D eigenvalue weighted by molar-refractivity contribution is 5.96. The fourth-order valence-electron chi connectivity index (χ4n) is 4.25. The van der Waals surface area contributed by atoms with Gasteiger partial charge in [-0.1, -0.05) is 12.2 Å². The van der Waals surface area contributed by atoms with Crippen LogP contribution in [0.5, 0.6) is 0 Å². The Labute approximate surface area is 213 Å². The average molecular weight is 508 g/mol. The van der Waals surface area contributed by atoms with Crippen LogP contribution in [0.1, 0.15) is 59.8 Å². The van der Waals surface area contributed by atoms with Crippen LogP contribution in [-0.2, 0) is 28.6 Å². The quantitative estimate of drug-likeness (QED) is 0.223. The lowest BCUT2D eigenvalue weighted by Gasteiger charge is -2.30. The van der Waals surface area contributed by atoms with Gasteiger partial charge in [-0.15, -0.1) is 13.2 Å². The van der Waals surface area contributed by atoms with Gasteiger partial charge in [0.05, 0.1) is 6.61 Å². The second kappa shape index (κ2) is 12.9. The molecule has 0 bridgehead atoms. The van der Waals surface area contributed by atoms with E-state index in [1.54, 1.807) is 39.8 Å². The first-order chi connectivity index (χ1) is 17.0. The number of nitrogens with zero attached hydrogens (tertiary/aromatic N) is 1. The second-order valence-corrected chi connectivity index (χ2v) is 10.1. The fraction of sp³-hybridized carbons (Fsp3) is 0.692. The van der Waals surface area contributed by atoms with E-state index in [0.29, 0.717) is 38.8 Å². The van der Waals surface area contributed by atoms with E-state index in [9.17, 15) is 19.2 Å². The number of amides is 3. The molecular formula is C26H41N3O7. The lowest BCUT2D eigenvalue weighted by atomic mass is 10.1. The molecule has 2 rings (SSSR count). The molecular weight excluding hydrogens is 466 g/mol. The van der Waals surface area contributed by atoms with Crippen LogP contribution in [0, 0.1) is 5.92 Å². The van der Waals surface area contributed by atoms with Crippen molar-refractivity contribution < 1.29 is 33.4 Å². The molecule has 1 saturated carbocycles. The molecule has 2 fully saturated rings. The van der Waals surface area contributed by atoms with Crippen LogP contribution in [0.15, 0.2) is 25.3 Å². The number of rotatable bonds is 13. The molecule has 10 heteroatoms. The standard InChI is InChI=1S/C26H41N3O7/c1-7-10-15-34-16-13-19(27-24(33)36-25(4,5)6)22(31)29-14-11-12-20(29)21(30)28-26(17-18(26)8-2)23(32)35-9-3/h7-8,18-20H,1-2,9-17H2,3-6H3,(H,27,33)(H,28,30)/t18-,19+,20+,26-/m1/s1. The topological polar surface area (TPSA) is 123 Å². The smallest absolute Gasteiger partial charge is 0.408 e. The zero-order valence-corrected chi connectivity index (χ0v) is 22.0. The van der Waals surface area contributed by atoms with Gasteiger partial charge >= 0.3 is 12.1 Å². The first-order valence-electron chi connectivity index (χ1n) is 12.6. The van der Waals surface area contributed by atoms with E-state index < -0.39 is 47.1 Å². The van der Waals surface area contributed by atoms with Gasteiger partial charge in [0.2, 0.25) is 11.8 Å². The molecule has 0 radical (unpaired) electrons. The highest BCUT2D eigenvalue weighted by Crippen LogP contribution is 2.45. The summed E-state index contributed by atoms with van der Waals surface area (Å²) in [5, 5.41) is 5.47. The molecule has 3 amide bonds. The van der Waals surface area contributed by atoms with Gasteiger partial charge in [0.25, 0.3) is 0 Å². The molecule has 0 aromatic carbocycles. The van der Waals surface area contributed by atoms with Crippen LogP contribution in [0.25, 0.3) is 0 Å². The molecule has 1 saturated heterocycles. The van der Waals surface area contributed by atoms with Crippen LogP contribution in [0.2, 0.25) is 0 Å². The predicted octanol–water partition coefficient (Wildman–Crippen LogP) is 2.48. The number of likely N-dealkylation sites (tertiary alicyclic amines) is 1. The van der Waals surface area contributed by atoms with Crippen LogP contribution in [-0.4, -0.2) is 78.4 Å². The summed E-state index contributed by atoms with van der Waals surface area (Å²) < 4.78 is 16.1. The lowest BCUT2D eigenvalue weighted by molar-refractivity contribution is -0.150. The number of nitrogens with one attached hydrogen (secondary N) is 2. The number of esters is 1. The summed E-state index contributed by atoms with van der Waals surface area (Å²) in [6.07, 6.45) is 5.00. The monoisotopic (exact) mass is 507 g/mol. The summed E-state index contributed by atoms with van der Waals surface area (Å²) in [4.78, 5) is 53.2. The van der Waals surface area contributed by atoms with Crippen molar-refractivity contribution in [1.82, 2.24) is 15.5 Å². The Hall–Kier alpha value is -2.88. The van der Waals surface area contributed by atoms with Crippen molar-refractivity contribution in [2.45, 2.75) is 83.0 Å². The Bertz CT molecular complexity index is 838. The highest BCUT2D eigenvalue weighted by Gasteiger charge is 2.61. The van der Waals surface area contributed by atoms with Crippen LogP contribution in [0.3, 0.4) is 0 Å². The summed E-state index contributed by atoms with van der Waals surface area (Å²) in [6.45, 7) is 15.5. The molecule has 36 heavy (non-hydrogen) atoms. The second-order valence-electron chi connectivity index (χ2n) is 10.1. The van der Waals surface area contributed by atoms with E-state index >= 15 is 0 Å². The molecule has 0 unspecified atom stereocenters. The number of hydrogen-bond donors (Lipinski definition) is 2. The van der Waals surface area contributed by atoms with Crippen molar-refractivity contribution in [3.8, 4) is 0 Å². The lowest BCUT2D eigenvalue weighted by Crippen LogP contribution is -2.57. The van der Waals surface area contributed by atoms with Gasteiger partial charge in [0.15, 0.2) is 0 Å². The first kappa shape index (κ1) is 29.4. The molecule has 1 aliphatic heterocycles. The van der Waals surface area contributed by atoms with Gasteiger partial charge in [0.1, 0.15) is 23.2 Å². The van der Waals surface area contributed by atoms with E-state index in [-0.39, 0.29) is 25.6 Å². The number of hydrogen-bond acceptors (Lipinski definition) is 7. The first-order valence-corrected chi connectivity index (χ1v) is 12.6. The molecule has 0 aromatic heterocycles. The minimum atomic E-state index is -1.14. The van der Waals surface area contributed by atoms with Gasteiger partial charge < -0.3 is 29.7 Å². The van der Waals surface area contributed by atoms with Gasteiger partial charge in [-0.2, -0.15) is 0 Å². The van der Waals surface area contributed by atoms with E-state index in [1.807, 2.05) is 0 Å². The Balaban J connectivity index is 2.12. The molecule has 202 valence electrons. The van der Waals surface area contributed by atoms with Crippen molar-refractivity contribution in [1.29, 1.82) is 0 Å². The molecule has 10 nitrogen and oxygen atoms in total. The molecule has 0 spiro atoms. The number of alkyl carbamates (subject to hydrolysis) is 1. The zero-order chi connectivity index (χ0) is 26.9. The van der Waals surface area contributed by atoms with E-state index in [4.69, 9.17) is 14.2 Å². The minimum absolute atomic E-state index is 0.196. The number of carbonyl (C=O) groups excluding carboxylic acids is 4. The maximum absolute atomic E-state index is 13.5. The van der Waals surface area contributed by atoms with Crippen LogP contribution < -0.4 is 10.6 Å². The third-order valence-electron chi connectivity index (χ3n) is 6.13. The van der Waals surface area contributed by atoms with Gasteiger partial charge in [-0.25, -0.2) is 9.59 Å². The van der Waals surface area contributed by atoms with Gasteiger partial charge in [-0.05, 0) is 53.4 Å². The Morgan fingerprint density at radius 3 is 2.50 bits per heavy atom. The van der Waals surface area contributed by atoms with Crippen LogP contribution in [0.4, 0.5) is 4.79 Å². The third-order valence-corrected chi connectivity index (χ3v) is 6.13. The Morgan fingerprint density at radius 1 is 1.19 bits per heavy atom.